The largest absolute Gasteiger partial charge is 0.478 e. The van der Waals surface area contributed by atoms with Crippen LogP contribution < -0.4 is 5.43 Å². The minimum absolute atomic E-state index is 0.154. The molecule has 2 N–H and O–H groups in total. The number of carbonyl (C=O) groups is 3. The van der Waals surface area contributed by atoms with E-state index in [0.29, 0.717) is 16.0 Å². The molecular formula is C18H11BrN2O4S2. The number of carboxylic acids is 1. The van der Waals surface area contributed by atoms with Crippen molar-refractivity contribution < 1.29 is 19.5 Å². The lowest BCUT2D eigenvalue weighted by Gasteiger charge is -2.15. The Labute approximate surface area is 172 Å². The average Bonchev–Trinajstić information content (AvgIpc) is 2.90. The quantitative estimate of drug-likeness (QED) is 0.532. The van der Waals surface area contributed by atoms with E-state index in [4.69, 9.17) is 17.3 Å². The summed E-state index contributed by atoms with van der Waals surface area (Å²) in [6, 6.07) is 12.8. The maximum atomic E-state index is 12.5. The van der Waals surface area contributed by atoms with E-state index >= 15 is 0 Å². The fourth-order valence-corrected chi connectivity index (χ4v) is 3.65. The molecule has 2 amide bonds. The van der Waals surface area contributed by atoms with Crippen LogP contribution in [0.5, 0.6) is 0 Å². The monoisotopic (exact) mass is 462 g/mol. The van der Waals surface area contributed by atoms with Crippen molar-refractivity contribution >= 4 is 68.1 Å². The van der Waals surface area contributed by atoms with Crippen molar-refractivity contribution in [1.82, 2.24) is 10.4 Å². The van der Waals surface area contributed by atoms with Crippen LogP contribution in [0.2, 0.25) is 0 Å². The number of hydrogen-bond acceptors (Lipinski definition) is 5. The number of benzene rings is 2. The Morgan fingerprint density at radius 2 is 1.67 bits per heavy atom. The van der Waals surface area contributed by atoms with E-state index in [2.05, 4.69) is 21.4 Å². The van der Waals surface area contributed by atoms with Gasteiger partial charge in [-0.25, -0.2) is 4.79 Å². The van der Waals surface area contributed by atoms with E-state index in [9.17, 15) is 14.4 Å². The number of amides is 2. The molecule has 9 heteroatoms. The first-order chi connectivity index (χ1) is 12.8. The fourth-order valence-electron chi connectivity index (χ4n) is 2.20. The van der Waals surface area contributed by atoms with Crippen molar-refractivity contribution in [3.8, 4) is 0 Å². The number of thioether (sulfide) groups is 1. The predicted octanol–water partition coefficient (Wildman–Crippen LogP) is 3.69. The Balaban J connectivity index is 1.75. The van der Waals surface area contributed by atoms with E-state index < -0.39 is 17.8 Å². The van der Waals surface area contributed by atoms with Crippen LogP contribution in [0.1, 0.15) is 26.3 Å². The first kappa shape index (κ1) is 19.3. The Morgan fingerprint density at radius 3 is 2.26 bits per heavy atom. The van der Waals surface area contributed by atoms with Crippen molar-refractivity contribution in [2.75, 3.05) is 0 Å². The third-order valence-electron chi connectivity index (χ3n) is 3.57. The number of halogens is 1. The van der Waals surface area contributed by atoms with Gasteiger partial charge in [-0.05, 0) is 60.3 Å². The number of nitrogens with zero attached hydrogens (tertiary/aromatic N) is 1. The van der Waals surface area contributed by atoms with Gasteiger partial charge in [-0.15, -0.1) is 0 Å². The van der Waals surface area contributed by atoms with Crippen molar-refractivity contribution in [3.63, 3.8) is 0 Å². The molecule has 0 saturated carbocycles. The number of thiocarbonyl (C=S) groups is 1. The lowest BCUT2D eigenvalue weighted by Crippen LogP contribution is -2.44. The summed E-state index contributed by atoms with van der Waals surface area (Å²) in [5.41, 5.74) is 3.70. The molecule has 0 atom stereocenters. The minimum atomic E-state index is -1.02. The highest BCUT2D eigenvalue weighted by Crippen LogP contribution is 2.31. The zero-order valence-corrected chi connectivity index (χ0v) is 16.7. The van der Waals surface area contributed by atoms with Gasteiger partial charge in [-0.1, -0.05) is 39.8 Å². The smallest absolute Gasteiger partial charge is 0.335 e. The van der Waals surface area contributed by atoms with Crippen LogP contribution in [0.25, 0.3) is 6.08 Å². The molecule has 136 valence electrons. The molecule has 1 saturated heterocycles. The second-order valence-electron chi connectivity index (χ2n) is 5.39. The summed E-state index contributed by atoms with van der Waals surface area (Å²) in [4.78, 5) is 36.1. The first-order valence-corrected chi connectivity index (χ1v) is 9.55. The van der Waals surface area contributed by atoms with Gasteiger partial charge in [-0.3, -0.25) is 15.0 Å². The fraction of sp³-hybridized carbons (Fsp3) is 0. The highest BCUT2D eigenvalue weighted by Gasteiger charge is 2.33. The highest BCUT2D eigenvalue weighted by atomic mass is 79.9. The predicted molar refractivity (Wildman–Crippen MR) is 110 cm³/mol. The van der Waals surface area contributed by atoms with Crippen LogP contribution in [-0.2, 0) is 4.79 Å². The zero-order chi connectivity index (χ0) is 19.6. The van der Waals surface area contributed by atoms with Crippen molar-refractivity contribution in [2.24, 2.45) is 0 Å². The number of hydrazine groups is 1. The summed E-state index contributed by atoms with van der Waals surface area (Å²) in [5, 5.41) is 9.95. The van der Waals surface area contributed by atoms with Crippen LogP contribution in [-0.4, -0.2) is 32.2 Å². The van der Waals surface area contributed by atoms with Gasteiger partial charge < -0.3 is 5.11 Å². The van der Waals surface area contributed by atoms with Gasteiger partial charge in [0.25, 0.3) is 11.8 Å². The van der Waals surface area contributed by atoms with E-state index in [1.807, 2.05) is 0 Å². The average molecular weight is 463 g/mol. The minimum Gasteiger partial charge on any atom is -0.478 e. The lowest BCUT2D eigenvalue weighted by atomic mass is 10.1. The maximum absolute atomic E-state index is 12.5. The summed E-state index contributed by atoms with van der Waals surface area (Å²) in [5.74, 6) is -1.92. The third kappa shape index (κ3) is 4.44. The molecule has 1 heterocycles. The van der Waals surface area contributed by atoms with Gasteiger partial charge in [0.05, 0.1) is 10.5 Å². The molecule has 0 radical (unpaired) electrons. The van der Waals surface area contributed by atoms with E-state index in [-0.39, 0.29) is 9.88 Å². The van der Waals surface area contributed by atoms with Gasteiger partial charge >= 0.3 is 5.97 Å². The summed E-state index contributed by atoms with van der Waals surface area (Å²) in [7, 11) is 0. The molecule has 0 spiro atoms. The molecule has 0 bridgehead atoms. The molecule has 3 rings (SSSR count). The molecule has 1 aliphatic rings. The maximum Gasteiger partial charge on any atom is 0.335 e. The zero-order valence-electron chi connectivity index (χ0n) is 13.5. The first-order valence-electron chi connectivity index (χ1n) is 7.53. The SMILES string of the molecule is O=C(O)c1ccc(/C=C2/SC(=S)N(NC(=O)c3ccc(Br)cc3)C2=O)cc1. The second-order valence-corrected chi connectivity index (χ2v) is 7.98. The molecular weight excluding hydrogens is 452 g/mol. The van der Waals surface area contributed by atoms with Gasteiger partial charge in [0.15, 0.2) is 4.32 Å². The number of carbonyl (C=O) groups excluding carboxylic acids is 2. The molecule has 0 unspecified atom stereocenters. The van der Waals surface area contributed by atoms with Crippen LogP contribution >= 0.6 is 39.9 Å². The van der Waals surface area contributed by atoms with Crippen LogP contribution in [0.15, 0.2) is 57.9 Å². The van der Waals surface area contributed by atoms with Gasteiger partial charge in [0.1, 0.15) is 0 Å². The second kappa shape index (κ2) is 8.03. The number of rotatable bonds is 4. The van der Waals surface area contributed by atoms with E-state index in [1.165, 1.54) is 12.1 Å². The van der Waals surface area contributed by atoms with Crippen LogP contribution in [0, 0.1) is 0 Å². The summed E-state index contributed by atoms with van der Waals surface area (Å²) >= 11 is 9.53. The Morgan fingerprint density at radius 1 is 1.07 bits per heavy atom. The van der Waals surface area contributed by atoms with Crippen LogP contribution in [0.3, 0.4) is 0 Å². The molecule has 2 aromatic rings. The normalized spacial score (nSPS) is 15.3. The molecule has 2 aromatic carbocycles. The molecule has 0 aromatic heterocycles. The van der Waals surface area contributed by atoms with E-state index in [1.54, 1.807) is 42.5 Å². The van der Waals surface area contributed by atoms with Gasteiger partial charge in [0, 0.05) is 10.0 Å². The number of hydrogen-bond donors (Lipinski definition) is 2. The summed E-state index contributed by atoms with van der Waals surface area (Å²) in [6.07, 6.45) is 1.59. The van der Waals surface area contributed by atoms with Crippen molar-refractivity contribution in [1.29, 1.82) is 0 Å². The molecule has 6 nitrogen and oxygen atoms in total. The highest BCUT2D eigenvalue weighted by molar-refractivity contribution is 9.10. The third-order valence-corrected chi connectivity index (χ3v) is 5.40. The molecule has 1 aliphatic heterocycles. The van der Waals surface area contributed by atoms with Crippen LogP contribution in [0.4, 0.5) is 0 Å². The van der Waals surface area contributed by atoms with Gasteiger partial charge in [-0.2, -0.15) is 5.01 Å². The van der Waals surface area contributed by atoms with Crippen molar-refractivity contribution in [3.05, 3.63) is 74.6 Å². The molecule has 0 aliphatic carbocycles. The number of carboxylic acid groups (broad SMARTS) is 1. The van der Waals surface area contributed by atoms with Gasteiger partial charge in [0.2, 0.25) is 0 Å². The lowest BCUT2D eigenvalue weighted by molar-refractivity contribution is -0.123. The number of aromatic carboxylic acids is 1. The Bertz CT molecular complexity index is 972. The van der Waals surface area contributed by atoms with Crippen molar-refractivity contribution in [2.45, 2.75) is 0 Å². The topological polar surface area (TPSA) is 86.7 Å². The van der Waals surface area contributed by atoms with E-state index in [0.717, 1.165) is 21.2 Å². The standard InChI is InChI=1S/C18H11BrN2O4S2/c19-13-7-5-11(6-8-13)15(22)20-21-16(23)14(27-18(21)26)9-10-1-3-12(4-2-10)17(24)25/h1-9H,(H,20,22)(H,24,25)/b14-9+. The summed E-state index contributed by atoms with van der Waals surface area (Å²) in [6.45, 7) is 0. The Kier molecular flexibility index (Phi) is 5.73. The molecule has 1 fully saturated rings. The Hall–Kier alpha value is -2.49. The molecule has 27 heavy (non-hydrogen) atoms. The number of nitrogens with one attached hydrogen (secondary N) is 1. The summed E-state index contributed by atoms with van der Waals surface area (Å²) < 4.78 is 1.04.